The number of anilines is 3. The van der Waals surface area contributed by atoms with Crippen molar-refractivity contribution in [2.24, 2.45) is 0 Å². The van der Waals surface area contributed by atoms with Gasteiger partial charge in [0.15, 0.2) is 0 Å². The van der Waals surface area contributed by atoms with Crippen molar-refractivity contribution >= 4 is 201 Å². The van der Waals surface area contributed by atoms with Gasteiger partial charge in [-0.25, -0.2) is 0 Å². The standard InChI is InChI=1S/C46H31ClN2.C34H21Cl2N.C28H18BrN.C13H12.C6H5BCl2O2.C5H12.CH4/c47-36-27-35(28-40(31-36)48(37-18-7-2-8-19-37)38-20-9-3-10-21-38)43-29-34(32-15-5-1-6-16-32)30-44-45(43)42-26-25-33-17-13-14-24-41(33)46(42)49(44)39-22-11-4-12-23-39;35-26-17-25(18-27(36)21-26)31-19-24(22-9-3-1-4-10-22)20-32-33(31)30-16-15-23-11-7-8-14-29(23)34(30)37(32)28-12-5-2-6-13-28;29-25-17-21(19-9-3-1-4-10-19)18-26-27(25)24-16-15-20-11-7-8-14-23(20)28(24)30(26)22-12-5-2-6-13-22;1-3-7-12(8-4-1)11-13-9-5-2-6-10-13;8-5-1-4(7(10)11)2-6(9)3-5;1-3-5-4-2;/h1-31H;1-21H;1-18H;1-10H,11H2;1-3,10-11H;3-5H2,1-2H3;1H4. The number of hydrogen-bond donors (Lipinski definition) is 2. The molecule has 146 heavy (non-hydrogen) atoms. The van der Waals surface area contributed by atoms with Gasteiger partial charge in [-0.3, -0.25) is 0 Å². The van der Waals surface area contributed by atoms with E-state index in [0.717, 1.165) is 94.9 Å². The maximum absolute atomic E-state index is 8.71. The molecule has 13 heteroatoms. The average Bonchev–Trinajstić information content (AvgIpc) is 1.57. The summed E-state index contributed by atoms with van der Waals surface area (Å²) in [7, 11) is -1.52. The van der Waals surface area contributed by atoms with Gasteiger partial charge in [0.25, 0.3) is 0 Å². The minimum absolute atomic E-state index is 0. The first-order valence-electron chi connectivity index (χ1n) is 48.7. The monoisotopic (exact) mass is 2050 g/mol. The van der Waals surface area contributed by atoms with Crippen molar-refractivity contribution in [1.82, 2.24) is 13.7 Å². The molecule has 3 heterocycles. The largest absolute Gasteiger partial charge is 0.488 e. The van der Waals surface area contributed by atoms with Crippen LogP contribution in [0.1, 0.15) is 51.7 Å². The minimum atomic E-state index is -1.52. The zero-order valence-electron chi connectivity index (χ0n) is 79.8. The number of benzene rings is 22. The highest BCUT2D eigenvalue weighted by molar-refractivity contribution is 9.10. The van der Waals surface area contributed by atoms with Crippen LogP contribution in [0.5, 0.6) is 0 Å². The van der Waals surface area contributed by atoms with Crippen molar-refractivity contribution in [3.8, 4) is 72.7 Å². The van der Waals surface area contributed by atoms with Crippen LogP contribution in [0.4, 0.5) is 17.1 Å². The molecule has 6 nitrogen and oxygen atoms in total. The summed E-state index contributed by atoms with van der Waals surface area (Å²) in [6.45, 7) is 4.42. The maximum Gasteiger partial charge on any atom is 0.488 e. The number of unbranched alkanes of at least 4 members (excludes halogenated alkanes) is 2. The van der Waals surface area contributed by atoms with E-state index in [0.29, 0.717) is 30.6 Å². The minimum Gasteiger partial charge on any atom is -0.423 e. The highest BCUT2D eigenvalue weighted by Gasteiger charge is 2.26. The van der Waals surface area contributed by atoms with Crippen LogP contribution in [0.2, 0.25) is 25.1 Å². The molecule has 2 N–H and O–H groups in total. The molecular weight excluding hydrogens is 1950 g/mol. The number of para-hydroxylation sites is 5. The molecule has 0 atom stereocenters. The lowest BCUT2D eigenvalue weighted by Gasteiger charge is -2.26. The fourth-order valence-corrected chi connectivity index (χ4v) is 21.7. The summed E-state index contributed by atoms with van der Waals surface area (Å²) in [6, 6.07) is 176. The Morgan fingerprint density at radius 3 is 0.884 bits per heavy atom. The first kappa shape index (κ1) is 99.5. The van der Waals surface area contributed by atoms with Gasteiger partial charge in [-0.15, -0.1) is 0 Å². The average molecular weight is 2060 g/mol. The van der Waals surface area contributed by atoms with E-state index in [-0.39, 0.29) is 7.43 Å². The van der Waals surface area contributed by atoms with Crippen LogP contribution in [-0.2, 0) is 6.42 Å². The normalized spacial score (nSPS) is 11.0. The van der Waals surface area contributed by atoms with Crippen molar-refractivity contribution < 1.29 is 10.0 Å². The second-order valence-corrected chi connectivity index (χ2v) is 38.8. The van der Waals surface area contributed by atoms with Gasteiger partial charge in [-0.05, 0) is 246 Å². The van der Waals surface area contributed by atoms with E-state index >= 15 is 0 Å². The van der Waals surface area contributed by atoms with E-state index in [1.165, 1.54) is 152 Å². The van der Waals surface area contributed by atoms with Gasteiger partial charge in [0, 0.05) is 112 Å². The van der Waals surface area contributed by atoms with Gasteiger partial charge >= 0.3 is 7.12 Å². The molecule has 25 aromatic rings. The second-order valence-electron chi connectivity index (χ2n) is 35.8. The molecule has 0 aliphatic rings. The molecule has 0 spiro atoms. The van der Waals surface area contributed by atoms with Gasteiger partial charge in [-0.1, -0.05) is 466 Å². The lowest BCUT2D eigenvalue weighted by Crippen LogP contribution is -2.29. The van der Waals surface area contributed by atoms with Crippen molar-refractivity contribution in [3.05, 3.63) is 544 Å². The molecule has 0 fully saturated rings. The number of fused-ring (bicyclic) bond motifs is 15. The van der Waals surface area contributed by atoms with Crippen molar-refractivity contribution in [1.29, 1.82) is 0 Å². The Hall–Kier alpha value is -15.3. The van der Waals surface area contributed by atoms with Crippen molar-refractivity contribution in [2.75, 3.05) is 4.90 Å². The Bertz CT molecular complexity index is 8740. The van der Waals surface area contributed by atoms with Gasteiger partial charge in [0.1, 0.15) is 0 Å². The van der Waals surface area contributed by atoms with Gasteiger partial charge < -0.3 is 28.6 Å². The summed E-state index contributed by atoms with van der Waals surface area (Å²) in [5.41, 5.74) is 28.1. The Kier molecular flexibility index (Phi) is 31.5. The van der Waals surface area contributed by atoms with E-state index in [4.69, 9.17) is 68.1 Å². The van der Waals surface area contributed by atoms with Gasteiger partial charge in [0.2, 0.25) is 0 Å². The van der Waals surface area contributed by atoms with Crippen LogP contribution in [-0.4, -0.2) is 30.9 Å². The molecule has 0 amide bonds. The predicted molar refractivity (Wildman–Crippen MR) is 633 cm³/mol. The zero-order valence-corrected chi connectivity index (χ0v) is 85.1. The highest BCUT2D eigenvalue weighted by atomic mass is 79.9. The fourth-order valence-electron chi connectivity index (χ4n) is 19.7. The molecular formula is C133H103BBrCl5N4O2. The molecule has 0 saturated heterocycles. The first-order chi connectivity index (χ1) is 71.2. The predicted octanol–water partition coefficient (Wildman–Crippen LogP) is 39.1. The van der Waals surface area contributed by atoms with Crippen LogP contribution in [0, 0.1) is 0 Å². The third kappa shape index (κ3) is 21.8. The fraction of sp³-hybridized carbons (Fsp3) is 0.0526. The van der Waals surface area contributed by atoms with Crippen molar-refractivity contribution in [3.63, 3.8) is 0 Å². The SMILES string of the molecule is Brc1cc(-c2ccccc2)cc2c1c1ccc3ccccc3c1n2-c1ccccc1.C.CCCCC.Clc1cc(-c2cc(-c3ccccc3)cc3c2c2ccc4ccccc4c2n3-c2ccccc2)cc(N(c2ccccc2)c2ccccc2)c1.Clc1cc(Cl)cc(-c2cc(-c3ccccc3)cc3c2c2ccc4ccccc4c2n3-c2ccccc2)c1.OB(O)c1cc(Cl)cc(Cl)c1.c1ccc(Cc2ccccc2)cc1. The number of nitrogens with zero attached hydrogens (tertiary/aromatic N) is 4. The molecule has 0 aliphatic carbocycles. The van der Waals surface area contributed by atoms with Crippen LogP contribution in [0.15, 0.2) is 508 Å². The summed E-state index contributed by atoms with van der Waals surface area (Å²) < 4.78 is 8.36. The zero-order chi connectivity index (χ0) is 99.2. The number of aromatic nitrogens is 3. The summed E-state index contributed by atoms with van der Waals surface area (Å²) >= 11 is 35.2. The highest BCUT2D eigenvalue weighted by Crippen LogP contribution is 2.50. The molecule has 712 valence electrons. The Balaban J connectivity index is 0.000000123. The third-order valence-electron chi connectivity index (χ3n) is 26.2. The van der Waals surface area contributed by atoms with Crippen LogP contribution in [0.3, 0.4) is 0 Å². The number of hydrogen-bond acceptors (Lipinski definition) is 3. The molecule has 3 aromatic heterocycles. The Morgan fingerprint density at radius 2 is 0.541 bits per heavy atom. The Morgan fingerprint density at radius 1 is 0.253 bits per heavy atom. The number of halogens is 6. The third-order valence-corrected chi connectivity index (χ3v) is 27.9. The lowest BCUT2D eigenvalue weighted by atomic mass is 9.80. The lowest BCUT2D eigenvalue weighted by molar-refractivity contribution is 0.426. The van der Waals surface area contributed by atoms with Crippen LogP contribution < -0.4 is 10.4 Å². The van der Waals surface area contributed by atoms with Crippen LogP contribution >= 0.6 is 73.9 Å². The van der Waals surface area contributed by atoms with Gasteiger partial charge in [0.05, 0.1) is 33.1 Å². The first-order valence-corrected chi connectivity index (χ1v) is 51.4. The van der Waals surface area contributed by atoms with E-state index in [9.17, 15) is 0 Å². The second kappa shape index (κ2) is 46.2. The summed E-state index contributed by atoms with van der Waals surface area (Å²) in [4.78, 5) is 2.27. The number of rotatable bonds is 16. The smallest absolute Gasteiger partial charge is 0.423 e. The summed E-state index contributed by atoms with van der Waals surface area (Å²) in [5, 5.41) is 34.8. The molecule has 0 saturated carbocycles. The van der Waals surface area contributed by atoms with Gasteiger partial charge in [-0.2, -0.15) is 0 Å². The summed E-state index contributed by atoms with van der Waals surface area (Å²) in [6.07, 6.45) is 5.11. The molecule has 0 aliphatic heterocycles. The molecule has 25 rings (SSSR count). The topological polar surface area (TPSA) is 58.5 Å². The molecule has 0 radical (unpaired) electrons. The summed E-state index contributed by atoms with van der Waals surface area (Å²) in [5.74, 6) is 0. The van der Waals surface area contributed by atoms with E-state index < -0.39 is 7.12 Å². The molecule has 0 unspecified atom stereocenters. The van der Waals surface area contributed by atoms with E-state index in [2.05, 4.69) is 497 Å². The Labute approximate surface area is 886 Å². The maximum atomic E-state index is 8.71. The molecule has 22 aromatic carbocycles. The van der Waals surface area contributed by atoms with E-state index in [1.54, 1.807) is 6.07 Å². The molecule has 0 bridgehead atoms. The van der Waals surface area contributed by atoms with Crippen molar-refractivity contribution in [2.45, 2.75) is 47.0 Å². The quantitative estimate of drug-likeness (QED) is 0.0948. The van der Waals surface area contributed by atoms with E-state index in [1.807, 2.05) is 30.3 Å². The van der Waals surface area contributed by atoms with Crippen LogP contribution in [0.25, 0.3) is 170 Å².